The largest absolute Gasteiger partial charge is 0.370 e. The number of carbonyl (C=O) groups is 1. The summed E-state index contributed by atoms with van der Waals surface area (Å²) in [5.74, 6) is 0.0332. The molecule has 0 unspecified atom stereocenters. The van der Waals surface area contributed by atoms with Crippen LogP contribution in [0.4, 0.5) is 14.6 Å². The maximum atomic E-state index is 15.0. The molecule has 1 fully saturated rings. The normalized spacial score (nSPS) is 16.0. The van der Waals surface area contributed by atoms with Gasteiger partial charge in [-0.1, -0.05) is 17.7 Å². The Hall–Kier alpha value is -2.21. The van der Waals surface area contributed by atoms with Gasteiger partial charge in [-0.05, 0) is 62.4 Å². The number of benzene rings is 1. The van der Waals surface area contributed by atoms with E-state index in [1.54, 1.807) is 11.1 Å². The molecule has 0 aliphatic carbocycles. The van der Waals surface area contributed by atoms with Crippen LogP contribution in [0.2, 0.25) is 5.02 Å². The van der Waals surface area contributed by atoms with Gasteiger partial charge in [-0.3, -0.25) is 4.79 Å². The number of unbranched alkanes of at least 4 members (excludes halogenated alkanes) is 1. The van der Waals surface area contributed by atoms with Gasteiger partial charge in [0.25, 0.3) is 5.91 Å². The van der Waals surface area contributed by atoms with Crippen LogP contribution in [0.1, 0.15) is 42.5 Å². The summed E-state index contributed by atoms with van der Waals surface area (Å²) in [4.78, 5) is 18.3. The van der Waals surface area contributed by atoms with Gasteiger partial charge in [0.15, 0.2) is 0 Å². The number of carbonyl (C=O) groups excluding carboxylic acids is 1. The summed E-state index contributed by atoms with van der Waals surface area (Å²) in [7, 11) is 0. The van der Waals surface area contributed by atoms with Gasteiger partial charge in [-0.2, -0.15) is 0 Å². The van der Waals surface area contributed by atoms with Crippen molar-refractivity contribution in [2.75, 3.05) is 25.0 Å². The van der Waals surface area contributed by atoms with Crippen LogP contribution in [-0.2, 0) is 0 Å². The van der Waals surface area contributed by atoms with Crippen molar-refractivity contribution >= 4 is 23.3 Å². The average molecular weight is 408 g/mol. The molecule has 0 atom stereocenters. The minimum absolute atomic E-state index is 0.0815. The van der Waals surface area contributed by atoms with E-state index >= 15 is 4.39 Å². The van der Waals surface area contributed by atoms with Crippen LogP contribution in [0.15, 0.2) is 42.6 Å². The van der Waals surface area contributed by atoms with Crippen LogP contribution in [0.3, 0.4) is 0 Å². The number of hydrogen-bond acceptors (Lipinski definition) is 3. The van der Waals surface area contributed by atoms with Crippen LogP contribution in [0, 0.1) is 5.82 Å². The molecule has 0 spiro atoms. The summed E-state index contributed by atoms with van der Waals surface area (Å²) in [6.07, 6.45) is 4.49. The molecule has 1 aromatic heterocycles. The summed E-state index contributed by atoms with van der Waals surface area (Å²) in [5, 5.41) is 3.14. The van der Waals surface area contributed by atoms with Crippen molar-refractivity contribution < 1.29 is 13.6 Å². The molecule has 1 aliphatic heterocycles. The minimum Gasteiger partial charge on any atom is -0.370 e. The van der Waals surface area contributed by atoms with Gasteiger partial charge in [0, 0.05) is 31.4 Å². The molecule has 1 aromatic carbocycles. The molecule has 1 aliphatic rings. The fourth-order valence-corrected chi connectivity index (χ4v) is 3.60. The smallest absolute Gasteiger partial charge is 0.253 e. The van der Waals surface area contributed by atoms with Gasteiger partial charge in [0.05, 0.1) is 5.02 Å². The van der Waals surface area contributed by atoms with Crippen LogP contribution < -0.4 is 5.32 Å². The Kier molecular flexibility index (Phi) is 6.83. The molecule has 0 radical (unpaired) electrons. The molecule has 150 valence electrons. The van der Waals surface area contributed by atoms with Gasteiger partial charge < -0.3 is 10.2 Å². The van der Waals surface area contributed by atoms with Crippen LogP contribution in [0.25, 0.3) is 0 Å². The topological polar surface area (TPSA) is 45.2 Å². The fourth-order valence-electron chi connectivity index (χ4n) is 3.42. The molecular formula is C21H24ClF2N3O. The standard InChI is InChI=1S/C21H24ClF2N3O/c22-17-15-16(6-7-18(17)23)20(28)27-13-9-21(24,10-14-27)8-2-4-12-26-19-5-1-3-11-25-19/h1,3,5-7,11,15H,2,4,8-10,12-14H2,(H,25,26). The molecule has 0 bridgehead atoms. The monoisotopic (exact) mass is 407 g/mol. The van der Waals surface area contributed by atoms with Crippen molar-refractivity contribution in [1.29, 1.82) is 0 Å². The van der Waals surface area contributed by atoms with Crippen LogP contribution in [0.5, 0.6) is 0 Å². The zero-order valence-corrected chi connectivity index (χ0v) is 16.4. The van der Waals surface area contributed by atoms with Gasteiger partial charge in [-0.25, -0.2) is 13.8 Å². The number of alkyl halides is 1. The summed E-state index contributed by atoms with van der Waals surface area (Å²) in [5.41, 5.74) is -0.902. The highest BCUT2D eigenvalue weighted by Gasteiger charge is 2.35. The van der Waals surface area contributed by atoms with Crippen molar-refractivity contribution in [2.45, 2.75) is 37.8 Å². The van der Waals surface area contributed by atoms with E-state index in [0.717, 1.165) is 25.2 Å². The SMILES string of the molecule is O=C(c1ccc(F)c(Cl)c1)N1CCC(F)(CCCCNc2ccccn2)CC1. The summed E-state index contributed by atoms with van der Waals surface area (Å²) in [6.45, 7) is 1.47. The number of nitrogens with one attached hydrogen (secondary N) is 1. The number of pyridine rings is 1. The summed E-state index contributed by atoms with van der Waals surface area (Å²) in [6, 6.07) is 9.59. The lowest BCUT2D eigenvalue weighted by Gasteiger charge is -2.36. The van der Waals surface area contributed by atoms with Crippen molar-refractivity contribution in [3.8, 4) is 0 Å². The molecule has 1 amide bonds. The number of nitrogens with zero attached hydrogens (tertiary/aromatic N) is 2. The Morgan fingerprint density at radius 2 is 2.00 bits per heavy atom. The van der Waals surface area contributed by atoms with Crippen LogP contribution in [-0.4, -0.2) is 41.1 Å². The van der Waals surface area contributed by atoms with Crippen LogP contribution >= 0.6 is 11.6 Å². The van der Waals surface area contributed by atoms with E-state index in [1.165, 1.54) is 18.2 Å². The van der Waals surface area contributed by atoms with E-state index in [2.05, 4.69) is 10.3 Å². The third-order valence-corrected chi connectivity index (χ3v) is 5.43. The number of piperidine rings is 1. The Morgan fingerprint density at radius 3 is 2.68 bits per heavy atom. The number of aromatic nitrogens is 1. The first kappa shape index (κ1) is 20.5. The van der Waals surface area contributed by atoms with Crippen molar-refractivity contribution in [2.24, 2.45) is 0 Å². The third kappa shape index (κ3) is 5.41. The lowest BCUT2D eigenvalue weighted by atomic mass is 9.88. The highest BCUT2D eigenvalue weighted by Crippen LogP contribution is 2.32. The van der Waals surface area contributed by atoms with Gasteiger partial charge >= 0.3 is 0 Å². The first-order valence-electron chi connectivity index (χ1n) is 9.55. The molecule has 1 N–H and O–H groups in total. The second-order valence-corrected chi connectivity index (χ2v) is 7.58. The van der Waals surface area contributed by atoms with Crippen molar-refractivity contribution in [3.63, 3.8) is 0 Å². The number of hydrogen-bond donors (Lipinski definition) is 1. The summed E-state index contributed by atoms with van der Waals surface area (Å²) >= 11 is 5.75. The quantitative estimate of drug-likeness (QED) is 0.649. The Balaban J connectivity index is 1.40. The number of amides is 1. The van der Waals surface area contributed by atoms with E-state index in [1.807, 2.05) is 18.2 Å². The first-order valence-corrected chi connectivity index (χ1v) is 9.93. The highest BCUT2D eigenvalue weighted by molar-refractivity contribution is 6.31. The first-order chi connectivity index (χ1) is 13.5. The number of rotatable bonds is 7. The van der Waals surface area contributed by atoms with E-state index in [0.29, 0.717) is 37.9 Å². The van der Waals surface area contributed by atoms with Gasteiger partial charge in [-0.15, -0.1) is 0 Å². The lowest BCUT2D eigenvalue weighted by Crippen LogP contribution is -2.44. The maximum absolute atomic E-state index is 15.0. The number of anilines is 1. The van der Waals surface area contributed by atoms with E-state index < -0.39 is 11.5 Å². The molecule has 4 nitrogen and oxygen atoms in total. The zero-order chi connectivity index (χ0) is 20.0. The molecule has 3 rings (SSSR count). The molecule has 2 heterocycles. The maximum Gasteiger partial charge on any atom is 0.253 e. The lowest BCUT2D eigenvalue weighted by molar-refractivity contribution is 0.0388. The zero-order valence-electron chi connectivity index (χ0n) is 15.6. The number of likely N-dealkylation sites (tertiary alicyclic amines) is 1. The predicted molar refractivity (Wildman–Crippen MR) is 107 cm³/mol. The van der Waals surface area contributed by atoms with Crippen molar-refractivity contribution in [3.05, 3.63) is 59.0 Å². The van der Waals surface area contributed by atoms with E-state index in [4.69, 9.17) is 11.6 Å². The Morgan fingerprint density at radius 1 is 1.21 bits per heavy atom. The fraction of sp³-hybridized carbons (Fsp3) is 0.429. The molecular weight excluding hydrogens is 384 g/mol. The minimum atomic E-state index is -1.23. The molecule has 0 saturated carbocycles. The second kappa shape index (κ2) is 9.32. The molecule has 2 aromatic rings. The highest BCUT2D eigenvalue weighted by atomic mass is 35.5. The molecule has 7 heteroatoms. The van der Waals surface area contributed by atoms with E-state index in [-0.39, 0.29) is 10.9 Å². The predicted octanol–water partition coefficient (Wildman–Crippen LogP) is 5.10. The van der Waals surface area contributed by atoms with E-state index in [9.17, 15) is 9.18 Å². The second-order valence-electron chi connectivity index (χ2n) is 7.17. The number of halogens is 3. The Labute approximate surface area is 168 Å². The van der Waals surface area contributed by atoms with Gasteiger partial charge in [0.2, 0.25) is 0 Å². The summed E-state index contributed by atoms with van der Waals surface area (Å²) < 4.78 is 28.3. The third-order valence-electron chi connectivity index (χ3n) is 5.14. The van der Waals surface area contributed by atoms with Gasteiger partial charge in [0.1, 0.15) is 17.3 Å². The molecule has 28 heavy (non-hydrogen) atoms. The average Bonchev–Trinajstić information content (AvgIpc) is 2.71. The van der Waals surface area contributed by atoms with Crippen molar-refractivity contribution in [1.82, 2.24) is 9.88 Å². The Bertz CT molecular complexity index is 795. The molecule has 1 saturated heterocycles.